The maximum Gasteiger partial charge on any atom is 0.284 e. The quantitative estimate of drug-likeness (QED) is 0.565. The lowest BCUT2D eigenvalue weighted by molar-refractivity contribution is 0.0989. The predicted molar refractivity (Wildman–Crippen MR) is 104 cm³/mol. The van der Waals surface area contributed by atoms with Crippen LogP contribution in [0.5, 0.6) is 0 Å². The van der Waals surface area contributed by atoms with Crippen molar-refractivity contribution < 1.29 is 18.0 Å². The van der Waals surface area contributed by atoms with Crippen LogP contribution < -0.4 is 11.1 Å². The number of anilines is 1. The summed E-state index contributed by atoms with van der Waals surface area (Å²) in [7, 11) is -3.28. The second-order valence-electron chi connectivity index (χ2n) is 6.34. The largest absolute Gasteiger partial charge is 0.363 e. The second-order valence-corrected chi connectivity index (χ2v) is 9.40. The van der Waals surface area contributed by atoms with Crippen molar-refractivity contribution in [2.45, 2.75) is 13.0 Å². The van der Waals surface area contributed by atoms with E-state index >= 15 is 0 Å². The standard InChI is InChI=1S/C16H16N6O4S2/c1-28(25,26)22-6-5-9-11(7-22)27-16(19-9)21-15(24)8-3-2-4-10-12(8)20-14(18-10)13(17)23/h2-4H,5-7H2,1H3,(H2,17,23)(H,18,20)(H,19,21,24). The van der Waals surface area contributed by atoms with Crippen LogP contribution in [0.4, 0.5) is 5.13 Å². The van der Waals surface area contributed by atoms with Crippen molar-refractivity contribution in [3.05, 3.63) is 40.2 Å². The summed E-state index contributed by atoms with van der Waals surface area (Å²) in [5, 5.41) is 3.12. The van der Waals surface area contributed by atoms with E-state index in [1.54, 1.807) is 18.2 Å². The van der Waals surface area contributed by atoms with E-state index < -0.39 is 21.8 Å². The van der Waals surface area contributed by atoms with E-state index in [-0.39, 0.29) is 12.4 Å². The van der Waals surface area contributed by atoms with Crippen molar-refractivity contribution >= 4 is 49.3 Å². The molecule has 1 aromatic carbocycles. The Hall–Kier alpha value is -2.83. The maximum absolute atomic E-state index is 12.7. The fourth-order valence-corrected chi connectivity index (χ4v) is 4.90. The number of carbonyl (C=O) groups excluding carboxylic acids is 2. The number of H-pyrrole nitrogens is 1. The number of aromatic nitrogens is 3. The molecule has 0 atom stereocenters. The Labute approximate surface area is 163 Å². The number of imidazole rings is 1. The van der Waals surface area contributed by atoms with Gasteiger partial charge in [0, 0.05) is 24.4 Å². The van der Waals surface area contributed by atoms with Crippen molar-refractivity contribution in [3.8, 4) is 0 Å². The highest BCUT2D eigenvalue weighted by molar-refractivity contribution is 7.88. The van der Waals surface area contributed by atoms with Crippen LogP contribution in [-0.2, 0) is 23.0 Å². The van der Waals surface area contributed by atoms with Gasteiger partial charge in [0.15, 0.2) is 11.0 Å². The highest BCUT2D eigenvalue weighted by Gasteiger charge is 2.26. The van der Waals surface area contributed by atoms with Crippen LogP contribution in [0.15, 0.2) is 18.2 Å². The molecule has 1 aliphatic rings. The number of benzene rings is 1. The Morgan fingerprint density at radius 3 is 2.82 bits per heavy atom. The smallest absolute Gasteiger partial charge is 0.284 e. The molecule has 0 saturated carbocycles. The lowest BCUT2D eigenvalue weighted by Gasteiger charge is -2.23. The number of primary amides is 1. The minimum Gasteiger partial charge on any atom is -0.363 e. The minimum absolute atomic E-state index is 0.0270. The number of aromatic amines is 1. The molecule has 0 spiro atoms. The Bertz CT molecular complexity index is 1210. The molecule has 1 aliphatic heterocycles. The van der Waals surface area contributed by atoms with E-state index in [0.29, 0.717) is 34.7 Å². The minimum atomic E-state index is -3.28. The lowest BCUT2D eigenvalue weighted by atomic mass is 10.2. The van der Waals surface area contributed by atoms with Crippen molar-refractivity contribution in [1.82, 2.24) is 19.3 Å². The molecule has 0 unspecified atom stereocenters. The van der Waals surface area contributed by atoms with Gasteiger partial charge in [-0.1, -0.05) is 6.07 Å². The van der Waals surface area contributed by atoms with Crippen LogP contribution in [0.3, 0.4) is 0 Å². The molecule has 0 fully saturated rings. The second kappa shape index (κ2) is 6.65. The van der Waals surface area contributed by atoms with Gasteiger partial charge in [-0.15, -0.1) is 11.3 Å². The number of nitrogens with one attached hydrogen (secondary N) is 2. The molecule has 3 aromatic rings. The average Bonchev–Trinajstić information content (AvgIpc) is 3.23. The van der Waals surface area contributed by atoms with E-state index in [1.807, 2.05) is 0 Å². The molecule has 2 aromatic heterocycles. The number of nitrogens with zero attached hydrogens (tertiary/aromatic N) is 3. The first-order valence-electron chi connectivity index (χ1n) is 8.26. The van der Waals surface area contributed by atoms with Crippen molar-refractivity contribution in [1.29, 1.82) is 0 Å². The maximum atomic E-state index is 12.7. The normalized spacial score (nSPS) is 14.8. The van der Waals surface area contributed by atoms with E-state index in [9.17, 15) is 18.0 Å². The third-order valence-corrected chi connectivity index (χ3v) is 6.63. The first kappa shape index (κ1) is 18.5. The molecule has 12 heteroatoms. The summed E-state index contributed by atoms with van der Waals surface area (Å²) in [6.45, 7) is 0.617. The molecular weight excluding hydrogens is 404 g/mol. The number of carbonyl (C=O) groups is 2. The average molecular weight is 420 g/mol. The summed E-state index contributed by atoms with van der Waals surface area (Å²) >= 11 is 1.24. The lowest BCUT2D eigenvalue weighted by Crippen LogP contribution is -2.34. The first-order valence-corrected chi connectivity index (χ1v) is 10.9. The third kappa shape index (κ3) is 3.37. The SMILES string of the molecule is CS(=O)(=O)N1CCc2nc(NC(=O)c3cccc4nc(C(N)=O)[nH]c34)sc2C1. The molecule has 146 valence electrons. The predicted octanol–water partition coefficient (Wildman–Crippen LogP) is 0.688. The van der Waals surface area contributed by atoms with Crippen LogP contribution in [0, 0.1) is 0 Å². The number of hydrogen-bond donors (Lipinski definition) is 3. The summed E-state index contributed by atoms with van der Waals surface area (Å²) in [5.41, 5.74) is 7.17. The summed E-state index contributed by atoms with van der Waals surface area (Å²) in [6, 6.07) is 4.91. The zero-order valence-corrected chi connectivity index (χ0v) is 16.4. The van der Waals surface area contributed by atoms with Crippen molar-refractivity contribution in [2.24, 2.45) is 5.73 Å². The van der Waals surface area contributed by atoms with Crippen LogP contribution in [0.2, 0.25) is 0 Å². The van der Waals surface area contributed by atoms with Crippen LogP contribution in [0.1, 0.15) is 31.5 Å². The van der Waals surface area contributed by atoms with E-state index in [2.05, 4.69) is 20.3 Å². The van der Waals surface area contributed by atoms with E-state index in [0.717, 1.165) is 10.6 Å². The van der Waals surface area contributed by atoms with Gasteiger partial charge in [0.1, 0.15) is 0 Å². The van der Waals surface area contributed by atoms with Gasteiger partial charge in [-0.05, 0) is 12.1 Å². The molecule has 3 heterocycles. The third-order valence-electron chi connectivity index (χ3n) is 4.38. The number of nitrogens with two attached hydrogens (primary N) is 1. The van der Waals surface area contributed by atoms with E-state index in [4.69, 9.17) is 5.73 Å². The van der Waals surface area contributed by atoms with Gasteiger partial charge in [0.2, 0.25) is 10.0 Å². The highest BCUT2D eigenvalue weighted by Crippen LogP contribution is 2.30. The zero-order chi connectivity index (χ0) is 20.1. The van der Waals surface area contributed by atoms with Crippen LogP contribution in [-0.4, -0.2) is 52.3 Å². The van der Waals surface area contributed by atoms with Crippen molar-refractivity contribution in [3.63, 3.8) is 0 Å². The summed E-state index contributed by atoms with van der Waals surface area (Å²) in [5.74, 6) is -1.16. The molecular formula is C16H16N6O4S2. The van der Waals surface area contributed by atoms with Gasteiger partial charge in [0.05, 0.1) is 28.5 Å². The molecule has 0 bridgehead atoms. The van der Waals surface area contributed by atoms with Gasteiger partial charge >= 0.3 is 0 Å². The Morgan fingerprint density at radius 2 is 2.11 bits per heavy atom. The molecule has 4 rings (SSSR count). The number of hydrogen-bond acceptors (Lipinski definition) is 7. The zero-order valence-electron chi connectivity index (χ0n) is 14.7. The number of amides is 2. The van der Waals surface area contributed by atoms with Gasteiger partial charge in [0.25, 0.3) is 11.8 Å². The monoisotopic (exact) mass is 420 g/mol. The van der Waals surface area contributed by atoms with Gasteiger partial charge in [-0.3, -0.25) is 14.9 Å². The molecule has 0 saturated heterocycles. The fourth-order valence-electron chi connectivity index (χ4n) is 3.01. The number of thiazole rings is 1. The summed E-state index contributed by atoms with van der Waals surface area (Å²) in [6.07, 6.45) is 1.67. The number of fused-ring (bicyclic) bond motifs is 2. The highest BCUT2D eigenvalue weighted by atomic mass is 32.2. The Balaban J connectivity index is 1.59. The molecule has 0 aliphatic carbocycles. The molecule has 2 amide bonds. The van der Waals surface area contributed by atoms with Gasteiger partial charge in [-0.25, -0.2) is 18.4 Å². The van der Waals surface area contributed by atoms with Crippen molar-refractivity contribution in [2.75, 3.05) is 18.1 Å². The number of sulfonamides is 1. The summed E-state index contributed by atoms with van der Waals surface area (Å²) < 4.78 is 24.9. The van der Waals surface area contributed by atoms with E-state index in [1.165, 1.54) is 21.9 Å². The molecule has 4 N–H and O–H groups in total. The van der Waals surface area contributed by atoms with Crippen LogP contribution >= 0.6 is 11.3 Å². The van der Waals surface area contributed by atoms with Gasteiger partial charge < -0.3 is 10.7 Å². The molecule has 0 radical (unpaired) electrons. The first-order chi connectivity index (χ1) is 13.2. The topological polar surface area (TPSA) is 151 Å². The summed E-state index contributed by atoms with van der Waals surface area (Å²) in [4.78, 5) is 36.1. The molecule has 10 nitrogen and oxygen atoms in total. The molecule has 28 heavy (non-hydrogen) atoms. The Morgan fingerprint density at radius 1 is 1.32 bits per heavy atom. The number of para-hydroxylation sites is 1. The fraction of sp³-hybridized carbons (Fsp3) is 0.250. The van der Waals surface area contributed by atoms with Crippen LogP contribution in [0.25, 0.3) is 11.0 Å². The number of rotatable bonds is 4. The van der Waals surface area contributed by atoms with Gasteiger partial charge in [-0.2, -0.15) is 4.31 Å². The Kier molecular flexibility index (Phi) is 4.40.